The first-order valence-electron chi connectivity index (χ1n) is 6.49. The molecule has 0 radical (unpaired) electrons. The standard InChI is InChI=1S/C17H15NO3/c1-12(17(19)20-2)21-16-9-7-15(8-10-16)14-5-3-13(11-18)4-6-14/h3-10,12H,1-2H3. The number of rotatable bonds is 4. The van der Waals surface area contributed by atoms with Crippen LogP contribution in [0.1, 0.15) is 12.5 Å². The predicted octanol–water partition coefficient (Wildman–Crippen LogP) is 3.17. The molecule has 0 aliphatic heterocycles. The maximum Gasteiger partial charge on any atom is 0.346 e. The molecule has 4 heteroatoms. The minimum Gasteiger partial charge on any atom is -0.479 e. The van der Waals surface area contributed by atoms with Gasteiger partial charge in [0.2, 0.25) is 0 Å². The van der Waals surface area contributed by atoms with Gasteiger partial charge in [0.1, 0.15) is 5.75 Å². The van der Waals surface area contributed by atoms with Crippen molar-refractivity contribution in [1.29, 1.82) is 5.26 Å². The number of ether oxygens (including phenoxy) is 2. The predicted molar refractivity (Wildman–Crippen MR) is 78.7 cm³/mol. The molecule has 0 fully saturated rings. The first-order valence-corrected chi connectivity index (χ1v) is 6.49. The van der Waals surface area contributed by atoms with E-state index in [-0.39, 0.29) is 0 Å². The van der Waals surface area contributed by atoms with Gasteiger partial charge in [0, 0.05) is 0 Å². The van der Waals surface area contributed by atoms with Crippen molar-refractivity contribution in [1.82, 2.24) is 0 Å². The maximum atomic E-state index is 11.3. The molecule has 0 aliphatic carbocycles. The first-order chi connectivity index (χ1) is 10.1. The molecule has 2 aromatic rings. The highest BCUT2D eigenvalue weighted by Crippen LogP contribution is 2.23. The number of methoxy groups -OCH3 is 1. The van der Waals surface area contributed by atoms with Crippen LogP contribution in [-0.4, -0.2) is 19.2 Å². The van der Waals surface area contributed by atoms with Crippen molar-refractivity contribution < 1.29 is 14.3 Å². The van der Waals surface area contributed by atoms with Crippen LogP contribution in [0.2, 0.25) is 0 Å². The van der Waals surface area contributed by atoms with Gasteiger partial charge in [-0.1, -0.05) is 24.3 Å². The fourth-order valence-electron chi connectivity index (χ4n) is 1.88. The van der Waals surface area contributed by atoms with Crippen molar-refractivity contribution in [2.45, 2.75) is 13.0 Å². The van der Waals surface area contributed by atoms with Crippen LogP contribution in [0.4, 0.5) is 0 Å². The summed E-state index contributed by atoms with van der Waals surface area (Å²) in [6, 6.07) is 16.8. The minimum absolute atomic E-state index is 0.411. The van der Waals surface area contributed by atoms with Gasteiger partial charge in [0.15, 0.2) is 6.10 Å². The lowest BCUT2D eigenvalue weighted by atomic mass is 10.0. The second-order valence-electron chi connectivity index (χ2n) is 4.50. The van der Waals surface area contributed by atoms with Crippen molar-refractivity contribution in [3.8, 4) is 22.9 Å². The molecule has 1 unspecified atom stereocenters. The summed E-state index contributed by atoms with van der Waals surface area (Å²) in [6.07, 6.45) is -0.643. The Morgan fingerprint density at radius 3 is 2.05 bits per heavy atom. The Labute approximate surface area is 123 Å². The average Bonchev–Trinajstić information content (AvgIpc) is 2.55. The summed E-state index contributed by atoms with van der Waals surface area (Å²) in [4.78, 5) is 11.3. The van der Waals surface area contributed by atoms with Crippen LogP contribution >= 0.6 is 0 Å². The summed E-state index contributed by atoms with van der Waals surface area (Å²) < 4.78 is 10.1. The van der Waals surface area contributed by atoms with Gasteiger partial charge in [-0.3, -0.25) is 0 Å². The van der Waals surface area contributed by atoms with Gasteiger partial charge in [-0.15, -0.1) is 0 Å². The van der Waals surface area contributed by atoms with E-state index in [9.17, 15) is 4.79 Å². The number of carbonyl (C=O) groups is 1. The Hall–Kier alpha value is -2.80. The third-order valence-corrected chi connectivity index (χ3v) is 3.05. The average molecular weight is 281 g/mol. The van der Waals surface area contributed by atoms with Gasteiger partial charge < -0.3 is 9.47 Å². The zero-order valence-electron chi connectivity index (χ0n) is 11.9. The number of benzene rings is 2. The van der Waals surface area contributed by atoms with Crippen molar-refractivity contribution in [3.63, 3.8) is 0 Å². The van der Waals surface area contributed by atoms with E-state index in [0.29, 0.717) is 11.3 Å². The summed E-state index contributed by atoms with van der Waals surface area (Å²) in [6.45, 7) is 1.64. The van der Waals surface area contributed by atoms with E-state index in [1.54, 1.807) is 31.2 Å². The molecular formula is C17H15NO3. The van der Waals surface area contributed by atoms with E-state index in [0.717, 1.165) is 11.1 Å². The largest absolute Gasteiger partial charge is 0.479 e. The second kappa shape index (κ2) is 6.58. The van der Waals surface area contributed by atoms with Crippen LogP contribution in [0.25, 0.3) is 11.1 Å². The molecule has 0 spiro atoms. The van der Waals surface area contributed by atoms with E-state index in [1.807, 2.05) is 24.3 Å². The monoisotopic (exact) mass is 281 g/mol. The van der Waals surface area contributed by atoms with Gasteiger partial charge in [0.05, 0.1) is 18.7 Å². The maximum absolute atomic E-state index is 11.3. The Bertz CT molecular complexity index is 654. The van der Waals surface area contributed by atoms with Crippen molar-refractivity contribution >= 4 is 5.97 Å². The van der Waals surface area contributed by atoms with Crippen LogP contribution in [0.5, 0.6) is 5.75 Å². The Kier molecular flexibility index (Phi) is 4.57. The summed E-state index contributed by atoms with van der Waals surface area (Å²) in [5.41, 5.74) is 2.66. The number of nitriles is 1. The van der Waals surface area contributed by atoms with Gasteiger partial charge in [-0.05, 0) is 42.3 Å². The number of hydrogen-bond donors (Lipinski definition) is 0. The molecule has 0 bridgehead atoms. The Balaban J connectivity index is 2.11. The Morgan fingerprint density at radius 1 is 1.05 bits per heavy atom. The van der Waals surface area contributed by atoms with Crippen LogP contribution in [0, 0.1) is 11.3 Å². The molecule has 4 nitrogen and oxygen atoms in total. The van der Waals surface area contributed by atoms with Crippen LogP contribution in [-0.2, 0) is 9.53 Å². The zero-order chi connectivity index (χ0) is 15.2. The van der Waals surface area contributed by atoms with Gasteiger partial charge in [-0.25, -0.2) is 4.79 Å². The van der Waals surface area contributed by atoms with Crippen molar-refractivity contribution in [2.75, 3.05) is 7.11 Å². The van der Waals surface area contributed by atoms with Crippen molar-refractivity contribution in [3.05, 3.63) is 54.1 Å². The molecule has 0 aromatic heterocycles. The molecule has 2 aromatic carbocycles. The second-order valence-corrected chi connectivity index (χ2v) is 4.50. The summed E-state index contributed by atoms with van der Waals surface area (Å²) in [5.74, 6) is 0.191. The lowest BCUT2D eigenvalue weighted by Gasteiger charge is -2.12. The van der Waals surface area contributed by atoms with Gasteiger partial charge in [0.25, 0.3) is 0 Å². The number of esters is 1. The highest BCUT2D eigenvalue weighted by molar-refractivity contribution is 5.74. The fraction of sp³-hybridized carbons (Fsp3) is 0.176. The van der Waals surface area contributed by atoms with Gasteiger partial charge in [-0.2, -0.15) is 5.26 Å². The molecule has 106 valence electrons. The van der Waals surface area contributed by atoms with E-state index in [1.165, 1.54) is 7.11 Å². The summed E-state index contributed by atoms with van der Waals surface area (Å²) in [7, 11) is 1.33. The fourth-order valence-corrected chi connectivity index (χ4v) is 1.88. The smallest absolute Gasteiger partial charge is 0.346 e. The summed E-state index contributed by atoms with van der Waals surface area (Å²) in [5, 5.41) is 8.78. The van der Waals surface area contributed by atoms with E-state index in [2.05, 4.69) is 10.8 Å². The van der Waals surface area contributed by atoms with Crippen molar-refractivity contribution in [2.24, 2.45) is 0 Å². The van der Waals surface area contributed by atoms with Gasteiger partial charge >= 0.3 is 5.97 Å². The summed E-state index contributed by atoms with van der Waals surface area (Å²) >= 11 is 0. The van der Waals surface area contributed by atoms with Crippen LogP contribution < -0.4 is 4.74 Å². The lowest BCUT2D eigenvalue weighted by Crippen LogP contribution is -2.24. The third kappa shape index (κ3) is 3.61. The highest BCUT2D eigenvalue weighted by Gasteiger charge is 2.14. The molecule has 21 heavy (non-hydrogen) atoms. The topological polar surface area (TPSA) is 59.3 Å². The zero-order valence-corrected chi connectivity index (χ0v) is 11.9. The number of carbonyl (C=O) groups excluding carboxylic acids is 1. The Morgan fingerprint density at radius 2 is 1.57 bits per heavy atom. The van der Waals surface area contributed by atoms with Crippen LogP contribution in [0.15, 0.2) is 48.5 Å². The van der Waals surface area contributed by atoms with Crippen LogP contribution in [0.3, 0.4) is 0 Å². The van der Waals surface area contributed by atoms with E-state index in [4.69, 9.17) is 10.00 Å². The molecule has 0 N–H and O–H groups in total. The molecule has 0 amide bonds. The highest BCUT2D eigenvalue weighted by atomic mass is 16.6. The SMILES string of the molecule is COC(=O)C(C)Oc1ccc(-c2ccc(C#N)cc2)cc1. The third-order valence-electron chi connectivity index (χ3n) is 3.05. The van der Waals surface area contributed by atoms with E-state index >= 15 is 0 Å². The molecule has 0 saturated carbocycles. The number of hydrogen-bond acceptors (Lipinski definition) is 4. The molecule has 0 saturated heterocycles. The normalized spacial score (nSPS) is 11.3. The number of nitrogens with zero attached hydrogens (tertiary/aromatic N) is 1. The molecule has 1 atom stereocenters. The molecule has 2 rings (SSSR count). The quantitative estimate of drug-likeness (QED) is 0.808. The minimum atomic E-state index is -0.643. The lowest BCUT2D eigenvalue weighted by molar-refractivity contribution is -0.147. The molecular weight excluding hydrogens is 266 g/mol. The molecule has 0 heterocycles. The molecule has 0 aliphatic rings. The van der Waals surface area contributed by atoms with E-state index < -0.39 is 12.1 Å². The first kappa shape index (κ1) is 14.6.